The van der Waals surface area contributed by atoms with Crippen LogP contribution in [0.5, 0.6) is 0 Å². The van der Waals surface area contributed by atoms with E-state index in [-0.39, 0.29) is 17.1 Å². The van der Waals surface area contributed by atoms with Gasteiger partial charge in [-0.1, -0.05) is 329 Å². The molecular weight excluding hydrogens is 872 g/mol. The van der Waals surface area contributed by atoms with Gasteiger partial charge in [-0.05, 0) is 19.3 Å². The van der Waals surface area contributed by atoms with Gasteiger partial charge in [0, 0.05) is 36.3 Å². The van der Waals surface area contributed by atoms with Crippen molar-refractivity contribution in [2.45, 2.75) is 367 Å². The van der Waals surface area contributed by atoms with Crippen molar-refractivity contribution in [2.24, 2.45) is 0 Å². The number of carboxylic acid groups (broad SMARTS) is 3. The maximum Gasteiger partial charge on any atom is 0.303 e. The van der Waals surface area contributed by atoms with Crippen LogP contribution in [-0.4, -0.2) is 33.2 Å². The summed E-state index contributed by atoms with van der Waals surface area (Å²) in [5.41, 5.74) is 0. The maximum atomic E-state index is 10.4. The van der Waals surface area contributed by atoms with Crippen molar-refractivity contribution in [3.8, 4) is 0 Å². The van der Waals surface area contributed by atoms with Crippen molar-refractivity contribution in [2.75, 3.05) is 0 Å². The van der Waals surface area contributed by atoms with Crippen LogP contribution in [0.2, 0.25) is 0 Å². The number of rotatable bonds is 54. The first-order valence-electron chi connectivity index (χ1n) is 30.0. The summed E-state index contributed by atoms with van der Waals surface area (Å²) in [5, 5.41) is 25.6. The molecule has 67 heavy (non-hydrogen) atoms. The van der Waals surface area contributed by atoms with Gasteiger partial charge in [0.25, 0.3) is 0 Å². The van der Waals surface area contributed by atoms with E-state index in [0.717, 1.165) is 38.5 Å². The van der Waals surface area contributed by atoms with Crippen LogP contribution in [0.1, 0.15) is 367 Å². The van der Waals surface area contributed by atoms with E-state index >= 15 is 0 Å². The smallest absolute Gasteiger partial charge is 0.303 e. The molecule has 0 aliphatic carbocycles. The summed E-state index contributed by atoms with van der Waals surface area (Å²) in [6.07, 6.45) is 69.4. The SMILES string of the molecule is CCCCCCCCCCCCCCCCCCCC(=O)O.CCCCCCCCCCCCCCCCCCCC(=O)O.CCCCCCCCCCCCCCCCCCCC(=O)O.[Fe]. The number of hydrogen-bond acceptors (Lipinski definition) is 3. The van der Waals surface area contributed by atoms with Crippen LogP contribution in [0.3, 0.4) is 0 Å². The quantitative estimate of drug-likeness (QED) is 0.0413. The second kappa shape index (κ2) is 69.2. The summed E-state index contributed by atoms with van der Waals surface area (Å²) in [5.74, 6) is -1.96. The van der Waals surface area contributed by atoms with Crippen molar-refractivity contribution in [3.05, 3.63) is 0 Å². The molecule has 0 rings (SSSR count). The fourth-order valence-corrected chi connectivity index (χ4v) is 9.00. The molecule has 3 N–H and O–H groups in total. The van der Waals surface area contributed by atoms with Crippen LogP contribution in [-0.2, 0) is 31.5 Å². The van der Waals surface area contributed by atoms with E-state index in [0.29, 0.717) is 19.3 Å². The molecule has 0 aromatic rings. The van der Waals surface area contributed by atoms with Crippen LogP contribution in [0, 0.1) is 0 Å². The monoisotopic (exact) mass is 993 g/mol. The predicted molar refractivity (Wildman–Crippen MR) is 289 cm³/mol. The van der Waals surface area contributed by atoms with Gasteiger partial charge in [-0.3, -0.25) is 14.4 Å². The molecule has 0 spiro atoms. The first-order valence-corrected chi connectivity index (χ1v) is 30.0. The number of carboxylic acids is 3. The number of carbonyl (C=O) groups is 3. The first kappa shape index (κ1) is 72.5. The molecular formula is C60H120FeO6. The molecule has 0 bridgehead atoms. The molecule has 0 atom stereocenters. The minimum atomic E-state index is -0.652. The Bertz CT molecular complexity index is 799. The number of unbranched alkanes of at least 4 members (excludes halogenated alkanes) is 48. The summed E-state index contributed by atoms with van der Waals surface area (Å²) in [6, 6.07) is 0. The van der Waals surface area contributed by atoms with Crippen LogP contribution in [0.4, 0.5) is 0 Å². The van der Waals surface area contributed by atoms with Crippen LogP contribution in [0.25, 0.3) is 0 Å². The molecule has 0 fully saturated rings. The summed E-state index contributed by atoms with van der Waals surface area (Å²) in [6.45, 7) is 6.83. The van der Waals surface area contributed by atoms with Crippen molar-refractivity contribution in [1.29, 1.82) is 0 Å². The average molecular weight is 993 g/mol. The summed E-state index contributed by atoms with van der Waals surface area (Å²) in [4.78, 5) is 31.1. The Labute approximate surface area is 430 Å². The van der Waals surface area contributed by atoms with Crippen LogP contribution >= 0.6 is 0 Å². The normalized spacial score (nSPS) is 10.8. The standard InChI is InChI=1S/3C20H40O2.Fe/c3*1-2-3-4-5-6-7-8-9-10-11-12-13-14-15-16-17-18-19-20(21)22;/h3*2-19H2,1H3,(H,21,22);. The molecule has 0 amide bonds. The Balaban J connectivity index is -0.000000441. The zero-order chi connectivity index (χ0) is 48.9. The molecule has 0 aliphatic heterocycles. The van der Waals surface area contributed by atoms with Gasteiger partial charge < -0.3 is 15.3 Å². The molecule has 0 aliphatic rings. The van der Waals surface area contributed by atoms with Gasteiger partial charge in [-0.15, -0.1) is 0 Å². The van der Waals surface area contributed by atoms with Gasteiger partial charge in [0.2, 0.25) is 0 Å². The molecule has 0 unspecified atom stereocenters. The van der Waals surface area contributed by atoms with Crippen molar-refractivity contribution in [3.63, 3.8) is 0 Å². The van der Waals surface area contributed by atoms with Gasteiger partial charge in [0.15, 0.2) is 0 Å². The fraction of sp³-hybridized carbons (Fsp3) is 0.950. The molecule has 6 nitrogen and oxygen atoms in total. The maximum absolute atomic E-state index is 10.4. The van der Waals surface area contributed by atoms with E-state index in [1.165, 1.54) is 289 Å². The second-order valence-corrected chi connectivity index (χ2v) is 20.4. The Hall–Kier alpha value is -1.07. The molecule has 0 saturated carbocycles. The van der Waals surface area contributed by atoms with E-state index < -0.39 is 17.9 Å². The minimum absolute atomic E-state index is 0. The van der Waals surface area contributed by atoms with Crippen molar-refractivity contribution < 1.29 is 46.8 Å². The number of aliphatic carboxylic acids is 3. The van der Waals surface area contributed by atoms with Crippen LogP contribution in [0.15, 0.2) is 0 Å². The van der Waals surface area contributed by atoms with E-state index in [1.54, 1.807) is 0 Å². The Morgan fingerprint density at radius 2 is 0.284 bits per heavy atom. The average Bonchev–Trinajstić information content (AvgIpc) is 3.29. The first-order chi connectivity index (χ1) is 32.3. The predicted octanol–water partition coefficient (Wildman–Crippen LogP) is 21.3. The number of hydrogen-bond donors (Lipinski definition) is 3. The largest absolute Gasteiger partial charge is 0.481 e. The van der Waals surface area contributed by atoms with E-state index in [1.807, 2.05) is 0 Å². The molecule has 0 aromatic carbocycles. The van der Waals surface area contributed by atoms with E-state index in [4.69, 9.17) is 15.3 Å². The Morgan fingerprint density at radius 1 is 0.194 bits per heavy atom. The van der Waals surface area contributed by atoms with Gasteiger partial charge >= 0.3 is 17.9 Å². The van der Waals surface area contributed by atoms with Crippen molar-refractivity contribution in [1.82, 2.24) is 0 Å². The molecule has 0 aromatic heterocycles. The Kier molecular flexibility index (Phi) is 74.8. The summed E-state index contributed by atoms with van der Waals surface area (Å²) >= 11 is 0. The molecule has 7 heteroatoms. The summed E-state index contributed by atoms with van der Waals surface area (Å²) < 4.78 is 0. The second-order valence-electron chi connectivity index (χ2n) is 20.4. The van der Waals surface area contributed by atoms with Gasteiger partial charge in [0.1, 0.15) is 0 Å². The van der Waals surface area contributed by atoms with E-state index in [9.17, 15) is 14.4 Å². The summed E-state index contributed by atoms with van der Waals surface area (Å²) in [7, 11) is 0. The molecule has 0 heterocycles. The topological polar surface area (TPSA) is 112 Å². The van der Waals surface area contributed by atoms with Crippen molar-refractivity contribution >= 4 is 17.9 Å². The third-order valence-electron chi connectivity index (χ3n) is 13.5. The Morgan fingerprint density at radius 3 is 0.373 bits per heavy atom. The third kappa shape index (κ3) is 82.2. The fourth-order valence-electron chi connectivity index (χ4n) is 9.00. The van der Waals surface area contributed by atoms with Gasteiger partial charge in [-0.25, -0.2) is 0 Å². The molecule has 0 saturated heterocycles. The van der Waals surface area contributed by atoms with Gasteiger partial charge in [-0.2, -0.15) is 0 Å². The molecule has 404 valence electrons. The minimum Gasteiger partial charge on any atom is -0.481 e. The van der Waals surface area contributed by atoms with Crippen LogP contribution < -0.4 is 0 Å². The van der Waals surface area contributed by atoms with E-state index in [2.05, 4.69) is 20.8 Å². The third-order valence-corrected chi connectivity index (χ3v) is 13.5. The zero-order valence-electron chi connectivity index (χ0n) is 45.6. The van der Waals surface area contributed by atoms with Gasteiger partial charge in [0.05, 0.1) is 0 Å². The molecule has 0 radical (unpaired) electrons. The zero-order valence-corrected chi connectivity index (χ0v) is 46.7.